The van der Waals surface area contributed by atoms with Gasteiger partial charge in [-0.2, -0.15) is 0 Å². The van der Waals surface area contributed by atoms with Crippen LogP contribution in [0.3, 0.4) is 0 Å². The molecule has 0 heterocycles. The number of esters is 1. The molecule has 2 aromatic rings. The number of carbonyl (C=O) groups excluding carboxylic acids is 2. The molecule has 2 aromatic carbocycles. The third-order valence-corrected chi connectivity index (χ3v) is 3.44. The number of nitrogens with one attached hydrogen (secondary N) is 1. The van der Waals surface area contributed by atoms with Crippen LogP contribution in [0.4, 0.5) is 0 Å². The molecule has 2 N–H and O–H groups in total. The van der Waals surface area contributed by atoms with Gasteiger partial charge in [-0.1, -0.05) is 48.5 Å². The molecule has 0 fully saturated rings. The molecule has 1 amide bonds. The molecule has 5 heteroatoms. The van der Waals surface area contributed by atoms with Crippen LogP contribution in [0, 0.1) is 0 Å². The lowest BCUT2D eigenvalue weighted by Gasteiger charge is -2.27. The van der Waals surface area contributed by atoms with Crippen LogP contribution >= 0.6 is 0 Å². The molecule has 132 valence electrons. The molecule has 25 heavy (non-hydrogen) atoms. The van der Waals surface area contributed by atoms with Gasteiger partial charge in [0, 0.05) is 5.56 Å². The molecule has 2 rings (SSSR count). The molecule has 0 unspecified atom stereocenters. The fourth-order valence-electron chi connectivity index (χ4n) is 2.29. The molecule has 0 saturated carbocycles. The van der Waals surface area contributed by atoms with E-state index >= 15 is 0 Å². The minimum absolute atomic E-state index is 0.399. The first kappa shape index (κ1) is 18.7. The van der Waals surface area contributed by atoms with Gasteiger partial charge < -0.3 is 15.2 Å². The van der Waals surface area contributed by atoms with Crippen molar-refractivity contribution in [1.29, 1.82) is 0 Å². The first-order valence-electron chi connectivity index (χ1n) is 8.10. The molecule has 0 bridgehead atoms. The van der Waals surface area contributed by atoms with Crippen LogP contribution in [-0.2, 0) is 9.53 Å². The highest BCUT2D eigenvalue weighted by atomic mass is 16.6. The molecule has 2 atom stereocenters. The molecule has 0 radical (unpaired) electrons. The lowest BCUT2D eigenvalue weighted by atomic mass is 10.0. The summed E-state index contributed by atoms with van der Waals surface area (Å²) in [7, 11) is 0. The number of rotatable bonds is 5. The smallest absolute Gasteiger partial charge is 0.332 e. The van der Waals surface area contributed by atoms with E-state index in [1.807, 2.05) is 0 Å². The predicted molar refractivity (Wildman–Crippen MR) is 94.9 cm³/mol. The summed E-state index contributed by atoms with van der Waals surface area (Å²) >= 11 is 0. The minimum Gasteiger partial charge on any atom is -0.458 e. The maximum absolute atomic E-state index is 12.5. The quantitative estimate of drug-likeness (QED) is 0.820. The second-order valence-electron chi connectivity index (χ2n) is 6.71. The van der Waals surface area contributed by atoms with E-state index in [2.05, 4.69) is 5.32 Å². The molecule has 0 saturated heterocycles. The summed E-state index contributed by atoms with van der Waals surface area (Å²) in [6.07, 6.45) is -1.22. The Morgan fingerprint density at radius 1 is 0.960 bits per heavy atom. The number of benzene rings is 2. The summed E-state index contributed by atoms with van der Waals surface area (Å²) in [4.78, 5) is 25.0. The first-order valence-corrected chi connectivity index (χ1v) is 8.10. The van der Waals surface area contributed by atoms with E-state index in [0.717, 1.165) is 0 Å². The Morgan fingerprint density at radius 2 is 1.48 bits per heavy atom. The van der Waals surface area contributed by atoms with Gasteiger partial charge in [0.2, 0.25) is 0 Å². The van der Waals surface area contributed by atoms with Crippen molar-refractivity contribution in [2.45, 2.75) is 38.5 Å². The van der Waals surface area contributed by atoms with Crippen LogP contribution in [0.1, 0.15) is 42.8 Å². The largest absolute Gasteiger partial charge is 0.458 e. The Hall–Kier alpha value is -2.66. The van der Waals surface area contributed by atoms with E-state index in [4.69, 9.17) is 4.74 Å². The van der Waals surface area contributed by atoms with Crippen molar-refractivity contribution in [2.75, 3.05) is 0 Å². The topological polar surface area (TPSA) is 75.6 Å². The van der Waals surface area contributed by atoms with Crippen molar-refractivity contribution in [3.63, 3.8) is 0 Å². The molecule has 0 aliphatic heterocycles. The van der Waals surface area contributed by atoms with Crippen molar-refractivity contribution in [2.24, 2.45) is 0 Å². The fraction of sp³-hybridized carbons (Fsp3) is 0.300. The summed E-state index contributed by atoms with van der Waals surface area (Å²) in [5.74, 6) is -1.14. The van der Waals surface area contributed by atoms with Crippen LogP contribution in [0.2, 0.25) is 0 Å². The highest BCUT2D eigenvalue weighted by molar-refractivity contribution is 5.97. The van der Waals surface area contributed by atoms with Gasteiger partial charge in [0.1, 0.15) is 11.7 Å². The first-order chi connectivity index (χ1) is 11.8. The van der Waals surface area contributed by atoms with Gasteiger partial charge in [-0.05, 0) is 38.5 Å². The van der Waals surface area contributed by atoms with Crippen molar-refractivity contribution in [1.82, 2.24) is 5.32 Å². The van der Waals surface area contributed by atoms with Crippen molar-refractivity contribution >= 4 is 11.9 Å². The summed E-state index contributed by atoms with van der Waals surface area (Å²) in [5, 5.41) is 13.2. The second-order valence-corrected chi connectivity index (χ2v) is 6.71. The number of aliphatic hydroxyl groups is 1. The van der Waals surface area contributed by atoms with E-state index in [9.17, 15) is 14.7 Å². The monoisotopic (exact) mass is 341 g/mol. The van der Waals surface area contributed by atoms with Gasteiger partial charge in [0.15, 0.2) is 6.04 Å². The zero-order valence-electron chi connectivity index (χ0n) is 14.6. The zero-order chi connectivity index (χ0) is 18.4. The number of hydrogen-bond acceptors (Lipinski definition) is 4. The second kappa shape index (κ2) is 7.94. The Balaban J connectivity index is 2.25. The molecule has 5 nitrogen and oxygen atoms in total. The molecular weight excluding hydrogens is 318 g/mol. The van der Waals surface area contributed by atoms with E-state index in [-0.39, 0.29) is 0 Å². The fourth-order valence-corrected chi connectivity index (χ4v) is 2.29. The third kappa shape index (κ3) is 5.43. The summed E-state index contributed by atoms with van der Waals surface area (Å²) in [5.41, 5.74) is 0.187. The summed E-state index contributed by atoms with van der Waals surface area (Å²) in [6, 6.07) is 16.0. The van der Waals surface area contributed by atoms with Crippen molar-refractivity contribution in [3.05, 3.63) is 71.8 Å². The summed E-state index contributed by atoms with van der Waals surface area (Å²) in [6.45, 7) is 5.20. The number of aliphatic hydroxyl groups excluding tert-OH is 1. The molecular formula is C20H23NO4. The normalized spacial score (nSPS) is 13.6. The Bertz CT molecular complexity index is 707. The van der Waals surface area contributed by atoms with Gasteiger partial charge in [0.05, 0.1) is 0 Å². The van der Waals surface area contributed by atoms with Gasteiger partial charge in [0.25, 0.3) is 5.91 Å². The maximum atomic E-state index is 12.5. The highest BCUT2D eigenvalue weighted by Crippen LogP contribution is 2.20. The highest BCUT2D eigenvalue weighted by Gasteiger charge is 2.33. The molecule has 0 aromatic heterocycles. The predicted octanol–water partition coefficient (Wildman–Crippen LogP) is 2.86. The maximum Gasteiger partial charge on any atom is 0.332 e. The standard InChI is InChI=1S/C20H23NO4/c1-20(2,3)25-19(24)16(17(22)14-10-6-4-7-11-14)21-18(23)15-12-8-5-9-13-15/h4-13,16-17,22H,1-3H3,(H,21,23)/t16-,17+/m1/s1. The van der Waals surface area contributed by atoms with Crippen LogP contribution in [0.15, 0.2) is 60.7 Å². The Morgan fingerprint density at radius 3 is 2.00 bits per heavy atom. The van der Waals surface area contributed by atoms with Gasteiger partial charge in [-0.3, -0.25) is 4.79 Å². The minimum atomic E-state index is -1.22. The summed E-state index contributed by atoms with van der Waals surface area (Å²) < 4.78 is 5.37. The Kier molecular flexibility index (Phi) is 5.93. The van der Waals surface area contributed by atoms with Crippen LogP contribution in [-0.4, -0.2) is 28.6 Å². The molecule has 0 aliphatic rings. The lowest BCUT2D eigenvalue weighted by molar-refractivity contribution is -0.160. The van der Waals surface area contributed by atoms with Gasteiger partial charge >= 0.3 is 5.97 Å². The Labute approximate surface area is 147 Å². The SMILES string of the molecule is CC(C)(C)OC(=O)[C@H](NC(=O)c1ccccc1)[C@@H](O)c1ccccc1. The van der Waals surface area contributed by atoms with Crippen LogP contribution < -0.4 is 5.32 Å². The van der Waals surface area contributed by atoms with E-state index in [1.165, 1.54) is 0 Å². The number of amides is 1. The van der Waals surface area contributed by atoms with Crippen LogP contribution in [0.5, 0.6) is 0 Å². The van der Waals surface area contributed by atoms with Crippen LogP contribution in [0.25, 0.3) is 0 Å². The van der Waals surface area contributed by atoms with Gasteiger partial charge in [-0.25, -0.2) is 4.79 Å². The van der Waals surface area contributed by atoms with E-state index < -0.39 is 29.6 Å². The van der Waals surface area contributed by atoms with Crippen molar-refractivity contribution in [3.8, 4) is 0 Å². The average molecular weight is 341 g/mol. The number of hydrogen-bond donors (Lipinski definition) is 2. The van der Waals surface area contributed by atoms with Crippen molar-refractivity contribution < 1.29 is 19.4 Å². The molecule has 0 spiro atoms. The lowest BCUT2D eigenvalue weighted by Crippen LogP contribution is -2.47. The van der Waals surface area contributed by atoms with E-state index in [0.29, 0.717) is 11.1 Å². The number of carbonyl (C=O) groups is 2. The molecule has 0 aliphatic carbocycles. The zero-order valence-corrected chi connectivity index (χ0v) is 14.6. The van der Waals surface area contributed by atoms with Gasteiger partial charge in [-0.15, -0.1) is 0 Å². The third-order valence-electron chi connectivity index (χ3n) is 3.44. The number of ether oxygens (including phenoxy) is 1. The van der Waals surface area contributed by atoms with E-state index in [1.54, 1.807) is 81.4 Å². The average Bonchev–Trinajstić information content (AvgIpc) is 2.59.